The zero-order valence-electron chi connectivity index (χ0n) is 25.9. The lowest BCUT2D eigenvalue weighted by Gasteiger charge is -2.36. The minimum Gasteiger partial charge on any atom is -0.497 e. The fraction of sp³-hybridized carbons (Fsp3) is 0.471. The van der Waals surface area contributed by atoms with E-state index in [4.69, 9.17) is 43.6 Å². The summed E-state index contributed by atoms with van der Waals surface area (Å²) in [5.74, 6) is 1.48. The van der Waals surface area contributed by atoms with Gasteiger partial charge in [-0.05, 0) is 41.0 Å². The lowest BCUT2D eigenvalue weighted by Crippen LogP contribution is -2.36. The molecular weight excluding hydrogens is 566 g/mol. The normalized spacial score (nSPS) is 12.3. The molecule has 3 N–H and O–H groups in total. The van der Waals surface area contributed by atoms with Gasteiger partial charge in [0.1, 0.15) is 23.2 Å². The molecular formula is C34H47NO9. The minimum absolute atomic E-state index is 0.0306. The molecule has 0 radical (unpaired) electrons. The van der Waals surface area contributed by atoms with Crippen molar-refractivity contribution in [3.8, 4) is 11.5 Å². The molecule has 0 saturated carbocycles. The second-order valence-corrected chi connectivity index (χ2v) is 9.78. The Labute approximate surface area is 260 Å². The predicted molar refractivity (Wildman–Crippen MR) is 167 cm³/mol. The average Bonchev–Trinajstić information content (AvgIpc) is 3.07. The van der Waals surface area contributed by atoms with Gasteiger partial charge in [0, 0.05) is 6.54 Å². The second-order valence-electron chi connectivity index (χ2n) is 9.78. The van der Waals surface area contributed by atoms with Gasteiger partial charge < -0.3 is 48.7 Å². The fourth-order valence-corrected chi connectivity index (χ4v) is 4.53. The van der Waals surface area contributed by atoms with Gasteiger partial charge in [-0.25, -0.2) is 0 Å². The second kappa shape index (κ2) is 20.8. The van der Waals surface area contributed by atoms with Crippen molar-refractivity contribution < 1.29 is 43.0 Å². The van der Waals surface area contributed by atoms with Crippen molar-refractivity contribution in [2.45, 2.75) is 11.7 Å². The predicted octanol–water partition coefficient (Wildman–Crippen LogP) is 3.41. The maximum Gasteiger partial charge on any atom is 0.143 e. The van der Waals surface area contributed by atoms with Crippen LogP contribution in [0.15, 0.2) is 78.9 Å². The molecule has 44 heavy (non-hydrogen) atoms. The van der Waals surface area contributed by atoms with E-state index in [1.165, 1.54) is 0 Å². The van der Waals surface area contributed by atoms with Crippen LogP contribution in [0.2, 0.25) is 0 Å². The molecule has 0 aliphatic rings. The largest absolute Gasteiger partial charge is 0.497 e. The summed E-state index contributed by atoms with van der Waals surface area (Å²) in [7, 11) is 3.27. The number of methoxy groups -OCH3 is 2. The highest BCUT2D eigenvalue weighted by Gasteiger charge is 2.38. The molecule has 0 saturated heterocycles. The van der Waals surface area contributed by atoms with Crippen molar-refractivity contribution >= 4 is 0 Å². The van der Waals surface area contributed by atoms with E-state index in [0.29, 0.717) is 66.0 Å². The first-order valence-electron chi connectivity index (χ1n) is 14.9. The molecule has 10 nitrogen and oxygen atoms in total. The van der Waals surface area contributed by atoms with Crippen LogP contribution in [0.1, 0.15) is 16.7 Å². The Hall–Kier alpha value is -3.06. The smallest absolute Gasteiger partial charge is 0.143 e. The van der Waals surface area contributed by atoms with E-state index in [9.17, 15) is 5.11 Å². The number of hydrogen-bond acceptors (Lipinski definition) is 10. The molecule has 0 amide bonds. The first kappa shape index (κ1) is 35.4. The molecule has 1 atom stereocenters. The molecule has 0 aliphatic heterocycles. The Bertz CT molecular complexity index is 1080. The van der Waals surface area contributed by atoms with Crippen LogP contribution in [-0.4, -0.2) is 105 Å². The van der Waals surface area contributed by atoms with Crippen LogP contribution < -0.4 is 15.2 Å². The van der Waals surface area contributed by atoms with Gasteiger partial charge in [0.25, 0.3) is 0 Å². The average molecular weight is 614 g/mol. The third kappa shape index (κ3) is 11.5. The van der Waals surface area contributed by atoms with Crippen LogP contribution in [0.4, 0.5) is 0 Å². The molecule has 0 fully saturated rings. The summed E-state index contributed by atoms with van der Waals surface area (Å²) in [6.07, 6.45) is -0.862. The van der Waals surface area contributed by atoms with Gasteiger partial charge in [0.05, 0.1) is 86.9 Å². The van der Waals surface area contributed by atoms with Crippen molar-refractivity contribution in [3.63, 3.8) is 0 Å². The number of nitrogens with two attached hydrogens (primary N) is 1. The van der Waals surface area contributed by atoms with Crippen molar-refractivity contribution in [1.82, 2.24) is 0 Å². The third-order valence-electron chi connectivity index (χ3n) is 6.73. The maximum absolute atomic E-state index is 10.8. The highest BCUT2D eigenvalue weighted by Crippen LogP contribution is 2.41. The highest BCUT2D eigenvalue weighted by atomic mass is 16.6. The summed E-state index contributed by atoms with van der Waals surface area (Å²) in [5.41, 5.74) is 7.05. The lowest BCUT2D eigenvalue weighted by atomic mass is 9.80. The topological polar surface area (TPSA) is 120 Å². The first-order valence-corrected chi connectivity index (χ1v) is 14.9. The molecule has 3 rings (SSSR count). The van der Waals surface area contributed by atoms with Gasteiger partial charge in [0.15, 0.2) is 0 Å². The van der Waals surface area contributed by atoms with Gasteiger partial charge in [-0.3, -0.25) is 0 Å². The van der Waals surface area contributed by atoms with E-state index < -0.39 is 11.7 Å². The number of aliphatic hydroxyl groups is 1. The van der Waals surface area contributed by atoms with Gasteiger partial charge in [-0.1, -0.05) is 54.6 Å². The number of aliphatic hydroxyl groups excluding tert-OH is 1. The summed E-state index contributed by atoms with van der Waals surface area (Å²) in [6.45, 7) is 4.84. The quantitative estimate of drug-likeness (QED) is 0.115. The summed E-state index contributed by atoms with van der Waals surface area (Å²) in [4.78, 5) is 0. The minimum atomic E-state index is -1.01. The maximum atomic E-state index is 10.8. The van der Waals surface area contributed by atoms with Crippen LogP contribution in [0.3, 0.4) is 0 Å². The Morgan fingerprint density at radius 1 is 0.545 bits per heavy atom. The van der Waals surface area contributed by atoms with Gasteiger partial charge in [-0.15, -0.1) is 0 Å². The number of benzene rings is 3. The zero-order valence-corrected chi connectivity index (χ0v) is 25.9. The van der Waals surface area contributed by atoms with Gasteiger partial charge in [0.2, 0.25) is 0 Å². The lowest BCUT2D eigenvalue weighted by molar-refractivity contribution is -0.0704. The Morgan fingerprint density at radius 2 is 0.955 bits per heavy atom. The standard InChI is InChI=1S/C34H47NO9/c1-37-32-12-8-29(9-13-32)34(28-6-4-3-5-7-28,30-10-14-33(38-2)15-11-30)44-27-31(36)26-43-25-24-42-23-22-41-21-20-40-19-18-39-17-16-35/h3-15,31,36H,16-27,35H2,1-2H3. The summed E-state index contributed by atoms with van der Waals surface area (Å²) >= 11 is 0. The molecule has 0 heterocycles. The monoisotopic (exact) mass is 613 g/mol. The van der Waals surface area contributed by atoms with Crippen molar-refractivity contribution in [3.05, 3.63) is 95.6 Å². The van der Waals surface area contributed by atoms with E-state index in [0.717, 1.165) is 28.2 Å². The van der Waals surface area contributed by atoms with Crippen LogP contribution in [0, 0.1) is 0 Å². The molecule has 242 valence electrons. The van der Waals surface area contributed by atoms with Gasteiger partial charge in [-0.2, -0.15) is 0 Å². The molecule has 0 aromatic heterocycles. The Kier molecular flexibility index (Phi) is 16.8. The number of hydrogen-bond donors (Lipinski definition) is 2. The molecule has 10 heteroatoms. The first-order chi connectivity index (χ1) is 21.6. The van der Waals surface area contributed by atoms with Gasteiger partial charge >= 0.3 is 0 Å². The van der Waals surface area contributed by atoms with Crippen molar-refractivity contribution in [2.75, 3.05) is 93.4 Å². The van der Waals surface area contributed by atoms with E-state index in [1.807, 2.05) is 78.9 Å². The zero-order chi connectivity index (χ0) is 31.3. The molecule has 0 spiro atoms. The van der Waals surface area contributed by atoms with Crippen LogP contribution in [0.5, 0.6) is 11.5 Å². The number of ether oxygens (including phenoxy) is 8. The van der Waals surface area contributed by atoms with E-state index >= 15 is 0 Å². The molecule has 3 aromatic carbocycles. The summed E-state index contributed by atoms with van der Waals surface area (Å²) < 4.78 is 44.8. The Morgan fingerprint density at radius 3 is 1.39 bits per heavy atom. The van der Waals surface area contributed by atoms with Crippen LogP contribution >= 0.6 is 0 Å². The third-order valence-corrected chi connectivity index (χ3v) is 6.73. The fourth-order valence-electron chi connectivity index (χ4n) is 4.53. The van der Waals surface area contributed by atoms with Crippen molar-refractivity contribution in [1.29, 1.82) is 0 Å². The van der Waals surface area contributed by atoms with E-state index in [1.54, 1.807) is 14.2 Å². The summed E-state index contributed by atoms with van der Waals surface area (Å²) in [5, 5.41) is 10.8. The van der Waals surface area contributed by atoms with E-state index in [2.05, 4.69) is 0 Å². The van der Waals surface area contributed by atoms with Crippen LogP contribution in [0.25, 0.3) is 0 Å². The molecule has 3 aromatic rings. The van der Waals surface area contributed by atoms with E-state index in [-0.39, 0.29) is 13.2 Å². The molecule has 0 aliphatic carbocycles. The number of rotatable bonds is 24. The van der Waals surface area contributed by atoms with Crippen molar-refractivity contribution in [2.24, 2.45) is 5.73 Å². The summed E-state index contributed by atoms with van der Waals surface area (Å²) in [6, 6.07) is 25.5. The SMILES string of the molecule is COc1ccc(C(OCC(O)COCCOCCOCCOCCOCCN)(c2ccccc2)c2ccc(OC)cc2)cc1. The highest BCUT2D eigenvalue weighted by molar-refractivity contribution is 5.49. The molecule has 1 unspecified atom stereocenters. The molecule has 0 bridgehead atoms. The van der Waals surface area contributed by atoms with Crippen LogP contribution in [-0.2, 0) is 34.0 Å². The Balaban J connectivity index is 1.49.